The van der Waals surface area contributed by atoms with E-state index in [2.05, 4.69) is 25.8 Å². The number of aromatic nitrogens is 3. The van der Waals surface area contributed by atoms with Crippen molar-refractivity contribution < 1.29 is 27.7 Å². The fourth-order valence-corrected chi connectivity index (χ4v) is 2.90. The molecular formula is C22H26N6O5. The number of pyridine rings is 1. The van der Waals surface area contributed by atoms with Crippen molar-refractivity contribution in [2.24, 2.45) is 0 Å². The topological polar surface area (TPSA) is 140 Å². The number of nitrogens with zero attached hydrogens (tertiary/aromatic N) is 3. The number of nitrogens with one attached hydrogen (secondary N) is 3. The summed E-state index contributed by atoms with van der Waals surface area (Å²) in [5.41, 5.74) is 1.02. The highest BCUT2D eigenvalue weighted by Crippen LogP contribution is 2.37. The zero-order valence-corrected chi connectivity index (χ0v) is 18.4. The summed E-state index contributed by atoms with van der Waals surface area (Å²) in [5, 5.41) is 11.6. The lowest BCUT2D eigenvalue weighted by molar-refractivity contribution is -0.115. The lowest BCUT2D eigenvalue weighted by Gasteiger charge is -2.16. The monoisotopic (exact) mass is 457 g/mol. The molecule has 2 amide bonds. The number of carbonyl (C=O) groups excluding carboxylic acids is 2. The van der Waals surface area contributed by atoms with Gasteiger partial charge in [0, 0.05) is 36.4 Å². The highest BCUT2D eigenvalue weighted by atomic mass is 16.5. The van der Waals surface area contributed by atoms with Crippen LogP contribution in [-0.4, -0.2) is 47.6 Å². The number of hydrogen-bond acceptors (Lipinski definition) is 9. The molecule has 0 saturated carbocycles. The molecule has 0 bridgehead atoms. The fraction of sp³-hybridized carbons (Fsp3) is 0.318. The van der Waals surface area contributed by atoms with Gasteiger partial charge in [0.05, 0.1) is 29.6 Å². The first kappa shape index (κ1) is 19.7. The number of hydrogen-bond donors (Lipinski definition) is 3. The van der Waals surface area contributed by atoms with Gasteiger partial charge in [-0.1, -0.05) is 18.1 Å². The highest BCUT2D eigenvalue weighted by molar-refractivity contribution is 6.01. The Kier molecular flexibility index (Phi) is 6.59. The van der Waals surface area contributed by atoms with E-state index in [1.807, 2.05) is 12.2 Å². The highest BCUT2D eigenvalue weighted by Gasteiger charge is 2.19. The third-order valence-corrected chi connectivity index (χ3v) is 4.48. The number of methoxy groups -OCH3 is 1. The van der Waals surface area contributed by atoms with E-state index >= 15 is 0 Å². The van der Waals surface area contributed by atoms with E-state index in [4.69, 9.17) is 18.1 Å². The number of anilines is 3. The van der Waals surface area contributed by atoms with Gasteiger partial charge < -0.3 is 29.9 Å². The smallest absolute Gasteiger partial charge is 0.254 e. The molecule has 0 aliphatic heterocycles. The standard InChI is InChI=1S/C22H26N6O5/c1-5-18(29)26-17-10-16(14(11-24-17)22(30)23-3)25-15-9-7-8-13(20(15)31-4)21-27-19(33-28-21)12-32-6-2/h7-11H,5-6,12H2,1-4H3,(H,23,30)(H2,24,25,26,29)/i3D3. The number of benzene rings is 1. The lowest BCUT2D eigenvalue weighted by Crippen LogP contribution is -2.20. The Morgan fingerprint density at radius 1 is 1.24 bits per heavy atom. The van der Waals surface area contributed by atoms with Gasteiger partial charge in [-0.25, -0.2) is 4.98 Å². The van der Waals surface area contributed by atoms with Crippen LogP contribution in [0.5, 0.6) is 5.75 Å². The van der Waals surface area contributed by atoms with Gasteiger partial charge in [-0.3, -0.25) is 9.59 Å². The Hall–Kier alpha value is -3.99. The lowest BCUT2D eigenvalue weighted by atomic mass is 10.1. The molecule has 0 saturated heterocycles. The van der Waals surface area contributed by atoms with E-state index in [-0.39, 0.29) is 41.8 Å². The molecular weight excluding hydrogens is 428 g/mol. The van der Waals surface area contributed by atoms with Crippen molar-refractivity contribution in [3.63, 3.8) is 0 Å². The Balaban J connectivity index is 2.01. The molecule has 174 valence electrons. The van der Waals surface area contributed by atoms with Crippen molar-refractivity contribution >= 4 is 29.0 Å². The molecule has 11 heteroatoms. The van der Waals surface area contributed by atoms with Gasteiger partial charge >= 0.3 is 0 Å². The quantitative estimate of drug-likeness (QED) is 0.419. The largest absolute Gasteiger partial charge is 0.494 e. The van der Waals surface area contributed by atoms with Crippen molar-refractivity contribution in [3.05, 3.63) is 41.9 Å². The molecule has 2 aromatic heterocycles. The molecule has 3 aromatic rings. The van der Waals surface area contributed by atoms with Gasteiger partial charge in [0.15, 0.2) is 5.75 Å². The first-order valence-electron chi connectivity index (χ1n) is 11.6. The predicted molar refractivity (Wildman–Crippen MR) is 121 cm³/mol. The molecule has 33 heavy (non-hydrogen) atoms. The minimum atomic E-state index is -2.71. The van der Waals surface area contributed by atoms with Crippen LogP contribution >= 0.6 is 0 Å². The summed E-state index contributed by atoms with van der Waals surface area (Å²) >= 11 is 0. The van der Waals surface area contributed by atoms with Crippen LogP contribution in [-0.2, 0) is 16.1 Å². The number of amides is 2. The third kappa shape index (κ3) is 5.63. The minimum absolute atomic E-state index is 0.0633. The maximum atomic E-state index is 12.7. The van der Waals surface area contributed by atoms with Crippen LogP contribution < -0.4 is 20.7 Å². The molecule has 0 fully saturated rings. The maximum Gasteiger partial charge on any atom is 0.254 e. The SMILES string of the molecule is [2H]C([2H])([2H])NC(=O)c1cnc(NC(=O)CC)cc1Nc1cccc(-c2noc(COCC)n2)c1OC. The van der Waals surface area contributed by atoms with E-state index < -0.39 is 12.9 Å². The van der Waals surface area contributed by atoms with Crippen LogP contribution in [0.1, 0.15) is 40.6 Å². The second-order valence-electron chi connectivity index (χ2n) is 6.63. The fourth-order valence-electron chi connectivity index (χ4n) is 2.90. The van der Waals surface area contributed by atoms with Crippen LogP contribution in [0.25, 0.3) is 11.4 Å². The number of carbonyl (C=O) groups is 2. The molecule has 0 radical (unpaired) electrons. The zero-order valence-electron chi connectivity index (χ0n) is 21.4. The molecule has 3 N–H and O–H groups in total. The second kappa shape index (κ2) is 11.0. The van der Waals surface area contributed by atoms with Crippen LogP contribution in [0, 0.1) is 0 Å². The molecule has 1 aromatic carbocycles. The van der Waals surface area contributed by atoms with Crippen LogP contribution in [0.2, 0.25) is 0 Å². The Morgan fingerprint density at radius 3 is 2.82 bits per heavy atom. The molecule has 0 aliphatic carbocycles. The average Bonchev–Trinajstić information content (AvgIpc) is 3.30. The third-order valence-electron chi connectivity index (χ3n) is 4.48. The van der Waals surface area contributed by atoms with Gasteiger partial charge in [0.1, 0.15) is 12.4 Å². The van der Waals surface area contributed by atoms with Gasteiger partial charge in [-0.2, -0.15) is 4.98 Å². The number of ether oxygens (including phenoxy) is 2. The summed E-state index contributed by atoms with van der Waals surface area (Å²) in [5.74, 6) is -0.111. The van der Waals surface area contributed by atoms with E-state index in [9.17, 15) is 9.59 Å². The molecule has 11 nitrogen and oxygen atoms in total. The van der Waals surface area contributed by atoms with E-state index in [1.54, 1.807) is 25.1 Å². The summed E-state index contributed by atoms with van der Waals surface area (Å²) in [6, 6.07) is 6.53. The van der Waals surface area contributed by atoms with Crippen molar-refractivity contribution in [3.8, 4) is 17.1 Å². The minimum Gasteiger partial charge on any atom is -0.494 e. The second-order valence-corrected chi connectivity index (χ2v) is 6.63. The number of para-hydroxylation sites is 1. The van der Waals surface area contributed by atoms with Crippen LogP contribution in [0.3, 0.4) is 0 Å². The Bertz CT molecular complexity index is 1230. The van der Waals surface area contributed by atoms with Crippen molar-refractivity contribution in [2.45, 2.75) is 26.9 Å². The molecule has 0 aliphatic rings. The van der Waals surface area contributed by atoms with Crippen molar-refractivity contribution in [1.82, 2.24) is 20.4 Å². The Morgan fingerprint density at radius 2 is 2.09 bits per heavy atom. The average molecular weight is 458 g/mol. The van der Waals surface area contributed by atoms with E-state index in [0.717, 1.165) is 0 Å². The summed E-state index contributed by atoms with van der Waals surface area (Å²) in [4.78, 5) is 32.9. The summed E-state index contributed by atoms with van der Waals surface area (Å²) < 4.78 is 38.1. The zero-order chi connectivity index (χ0) is 26.3. The molecule has 0 unspecified atom stereocenters. The summed E-state index contributed by atoms with van der Waals surface area (Å²) in [7, 11) is 1.45. The summed E-state index contributed by atoms with van der Waals surface area (Å²) in [6.07, 6.45) is 1.39. The van der Waals surface area contributed by atoms with Gasteiger partial charge in [-0.15, -0.1) is 0 Å². The first-order valence-corrected chi connectivity index (χ1v) is 10.1. The molecule has 0 spiro atoms. The first-order chi connectivity index (χ1) is 17.1. The molecule has 2 heterocycles. The normalized spacial score (nSPS) is 12.3. The number of rotatable bonds is 10. The van der Waals surface area contributed by atoms with Gasteiger partial charge in [0.25, 0.3) is 11.8 Å². The molecule has 0 atom stereocenters. The van der Waals surface area contributed by atoms with Crippen molar-refractivity contribution in [2.75, 3.05) is 31.3 Å². The van der Waals surface area contributed by atoms with Crippen molar-refractivity contribution in [1.29, 1.82) is 0 Å². The Labute approximate surface area is 195 Å². The maximum absolute atomic E-state index is 12.7. The van der Waals surface area contributed by atoms with Gasteiger partial charge in [-0.05, 0) is 19.1 Å². The van der Waals surface area contributed by atoms with Crippen LogP contribution in [0.4, 0.5) is 17.2 Å². The molecule has 3 rings (SSSR count). The predicted octanol–water partition coefficient (Wildman–Crippen LogP) is 3.13. The summed E-state index contributed by atoms with van der Waals surface area (Å²) in [6.45, 7) is 1.47. The van der Waals surface area contributed by atoms with E-state index in [1.165, 1.54) is 19.4 Å². The van der Waals surface area contributed by atoms with Crippen LogP contribution in [0.15, 0.2) is 35.0 Å². The van der Waals surface area contributed by atoms with Gasteiger partial charge in [0.2, 0.25) is 11.7 Å². The van der Waals surface area contributed by atoms with E-state index in [0.29, 0.717) is 29.5 Å².